The minimum Gasteiger partial charge on any atom is -0.458 e. The second kappa shape index (κ2) is 5.69. The zero-order valence-electron chi connectivity index (χ0n) is 12.9. The topological polar surface area (TPSA) is 38.2 Å². The van der Waals surface area contributed by atoms with Gasteiger partial charge in [-0.3, -0.25) is 4.90 Å². The first-order valence-corrected chi connectivity index (χ1v) is 8.06. The minimum absolute atomic E-state index is 0.256. The van der Waals surface area contributed by atoms with Gasteiger partial charge in [0.15, 0.2) is 0 Å². The van der Waals surface area contributed by atoms with Gasteiger partial charge in [-0.2, -0.15) is 0 Å². The third kappa shape index (κ3) is 2.59. The van der Waals surface area contributed by atoms with E-state index in [9.17, 15) is 0 Å². The Hall–Kier alpha value is -1.94. The smallest absolute Gasteiger partial charge is 0.316 e. The van der Waals surface area contributed by atoms with Crippen molar-refractivity contribution in [1.29, 1.82) is 0 Å². The van der Waals surface area contributed by atoms with E-state index < -0.39 is 0 Å². The van der Waals surface area contributed by atoms with Crippen LogP contribution in [0.1, 0.15) is 18.4 Å². The monoisotopic (exact) mass is 295 g/mol. The highest BCUT2D eigenvalue weighted by molar-refractivity contribution is 5.65. The van der Waals surface area contributed by atoms with Crippen molar-refractivity contribution in [2.24, 2.45) is 5.92 Å². The Balaban J connectivity index is 1.49. The van der Waals surface area contributed by atoms with Gasteiger partial charge in [0.25, 0.3) is 0 Å². The van der Waals surface area contributed by atoms with E-state index >= 15 is 0 Å². The third-order valence-electron chi connectivity index (χ3n) is 4.94. The number of piperidine rings is 3. The molecule has 0 radical (unpaired) electrons. The second-order valence-electron chi connectivity index (χ2n) is 6.36. The van der Waals surface area contributed by atoms with Crippen LogP contribution in [0.15, 0.2) is 36.7 Å². The quantitative estimate of drug-likeness (QED) is 0.872. The first kappa shape index (κ1) is 13.7. The zero-order chi connectivity index (χ0) is 14.9. The maximum atomic E-state index is 6.05. The zero-order valence-corrected chi connectivity index (χ0v) is 12.9. The highest BCUT2D eigenvalue weighted by Gasteiger charge is 2.35. The molecule has 0 aliphatic carbocycles. The molecule has 4 heterocycles. The SMILES string of the molecule is Cc1ccccc1-c1cnc(O[C@H]2CN3CCC2CC3)nc1. The summed E-state index contributed by atoms with van der Waals surface area (Å²) in [5.74, 6) is 0.671. The molecule has 0 unspecified atom stereocenters. The van der Waals surface area contributed by atoms with Gasteiger partial charge in [0, 0.05) is 24.5 Å². The number of nitrogens with zero attached hydrogens (tertiary/aromatic N) is 3. The van der Waals surface area contributed by atoms with E-state index in [0.29, 0.717) is 11.9 Å². The maximum absolute atomic E-state index is 6.05. The summed E-state index contributed by atoms with van der Waals surface area (Å²) in [5, 5.41) is 0. The molecule has 0 amide bonds. The standard InChI is InChI=1S/C18H21N3O/c1-13-4-2-3-5-16(13)15-10-19-18(20-11-15)22-17-12-21-8-6-14(17)7-9-21/h2-5,10-11,14,17H,6-9,12H2,1H3/t17-/m0/s1. The molecule has 1 aromatic heterocycles. The molecular formula is C18H21N3O. The summed E-state index contributed by atoms with van der Waals surface area (Å²) in [4.78, 5) is 11.3. The Bertz CT molecular complexity index is 648. The molecule has 0 spiro atoms. The Labute approximate surface area is 131 Å². The molecule has 114 valence electrons. The number of rotatable bonds is 3. The van der Waals surface area contributed by atoms with Crippen molar-refractivity contribution in [2.75, 3.05) is 19.6 Å². The predicted molar refractivity (Wildman–Crippen MR) is 85.8 cm³/mol. The van der Waals surface area contributed by atoms with Crippen LogP contribution >= 0.6 is 0 Å². The average molecular weight is 295 g/mol. The fourth-order valence-corrected chi connectivity index (χ4v) is 3.59. The fourth-order valence-electron chi connectivity index (χ4n) is 3.59. The minimum atomic E-state index is 0.256. The van der Waals surface area contributed by atoms with Gasteiger partial charge in [-0.25, -0.2) is 9.97 Å². The molecular weight excluding hydrogens is 274 g/mol. The molecule has 0 saturated carbocycles. The van der Waals surface area contributed by atoms with Gasteiger partial charge in [-0.15, -0.1) is 0 Å². The lowest BCUT2D eigenvalue weighted by atomic mass is 9.86. The Morgan fingerprint density at radius 1 is 1.09 bits per heavy atom. The summed E-state index contributed by atoms with van der Waals surface area (Å²) in [6.45, 7) is 5.57. The first-order chi connectivity index (χ1) is 10.8. The molecule has 2 aromatic rings. The van der Waals surface area contributed by atoms with Gasteiger partial charge < -0.3 is 4.74 Å². The van der Waals surface area contributed by atoms with Crippen molar-refractivity contribution < 1.29 is 4.74 Å². The van der Waals surface area contributed by atoms with Crippen molar-refractivity contribution in [3.05, 3.63) is 42.2 Å². The normalized spacial score (nSPS) is 26.9. The molecule has 3 saturated heterocycles. The van der Waals surface area contributed by atoms with E-state index in [1.165, 1.54) is 37.1 Å². The second-order valence-corrected chi connectivity index (χ2v) is 6.36. The van der Waals surface area contributed by atoms with Gasteiger partial charge >= 0.3 is 6.01 Å². The Kier molecular flexibility index (Phi) is 3.54. The largest absolute Gasteiger partial charge is 0.458 e. The molecule has 22 heavy (non-hydrogen) atoms. The van der Waals surface area contributed by atoms with Crippen molar-refractivity contribution in [3.8, 4) is 17.1 Å². The summed E-state index contributed by atoms with van der Waals surface area (Å²) in [6.07, 6.45) is 6.47. The number of fused-ring (bicyclic) bond motifs is 3. The highest BCUT2D eigenvalue weighted by atomic mass is 16.5. The van der Waals surface area contributed by atoms with Crippen LogP contribution in [0, 0.1) is 12.8 Å². The van der Waals surface area contributed by atoms with Gasteiger partial charge in [0.1, 0.15) is 6.10 Å². The van der Waals surface area contributed by atoms with E-state index in [4.69, 9.17) is 4.74 Å². The highest BCUT2D eigenvalue weighted by Crippen LogP contribution is 2.30. The molecule has 2 bridgehead atoms. The lowest BCUT2D eigenvalue weighted by Crippen LogP contribution is -2.52. The number of hydrogen-bond acceptors (Lipinski definition) is 4. The molecule has 5 rings (SSSR count). The molecule has 0 N–H and O–H groups in total. The molecule has 4 nitrogen and oxygen atoms in total. The van der Waals surface area contributed by atoms with Gasteiger partial charge in [-0.05, 0) is 49.9 Å². The Morgan fingerprint density at radius 3 is 2.45 bits per heavy atom. The van der Waals surface area contributed by atoms with E-state index in [1.807, 2.05) is 24.5 Å². The van der Waals surface area contributed by atoms with Gasteiger partial charge in [0.05, 0.1) is 0 Å². The van der Waals surface area contributed by atoms with E-state index in [-0.39, 0.29) is 6.10 Å². The van der Waals surface area contributed by atoms with Crippen LogP contribution in [0.2, 0.25) is 0 Å². The fraction of sp³-hybridized carbons (Fsp3) is 0.444. The third-order valence-corrected chi connectivity index (χ3v) is 4.94. The van der Waals surface area contributed by atoms with Crippen molar-refractivity contribution in [3.63, 3.8) is 0 Å². The Morgan fingerprint density at radius 2 is 1.82 bits per heavy atom. The first-order valence-electron chi connectivity index (χ1n) is 8.06. The van der Waals surface area contributed by atoms with E-state index in [1.54, 1.807) is 0 Å². The van der Waals surface area contributed by atoms with Crippen LogP contribution in [-0.2, 0) is 0 Å². The maximum Gasteiger partial charge on any atom is 0.316 e. The number of aromatic nitrogens is 2. The van der Waals surface area contributed by atoms with Gasteiger partial charge in [-0.1, -0.05) is 24.3 Å². The summed E-state index contributed by atoms with van der Waals surface area (Å²) >= 11 is 0. The molecule has 3 aliphatic rings. The van der Waals surface area contributed by atoms with Crippen LogP contribution in [0.4, 0.5) is 0 Å². The lowest BCUT2D eigenvalue weighted by molar-refractivity contribution is -0.0123. The van der Waals surface area contributed by atoms with Crippen LogP contribution in [-0.4, -0.2) is 40.6 Å². The van der Waals surface area contributed by atoms with Crippen molar-refractivity contribution in [2.45, 2.75) is 25.9 Å². The number of hydrogen-bond donors (Lipinski definition) is 0. The molecule has 1 atom stereocenters. The van der Waals surface area contributed by atoms with Crippen LogP contribution in [0.5, 0.6) is 6.01 Å². The lowest BCUT2D eigenvalue weighted by Gasteiger charge is -2.43. The van der Waals surface area contributed by atoms with Crippen LogP contribution in [0.3, 0.4) is 0 Å². The van der Waals surface area contributed by atoms with Gasteiger partial charge in [0.2, 0.25) is 0 Å². The van der Waals surface area contributed by atoms with E-state index in [2.05, 4.69) is 33.9 Å². The summed E-state index contributed by atoms with van der Waals surface area (Å²) in [7, 11) is 0. The summed E-state index contributed by atoms with van der Waals surface area (Å²) in [5.41, 5.74) is 3.45. The summed E-state index contributed by atoms with van der Waals surface area (Å²) < 4.78 is 6.05. The van der Waals surface area contributed by atoms with E-state index in [0.717, 1.165) is 12.1 Å². The van der Waals surface area contributed by atoms with Crippen molar-refractivity contribution >= 4 is 0 Å². The van der Waals surface area contributed by atoms with Crippen LogP contribution in [0.25, 0.3) is 11.1 Å². The molecule has 4 heteroatoms. The number of ether oxygens (including phenoxy) is 1. The number of benzene rings is 1. The van der Waals surface area contributed by atoms with Crippen LogP contribution < -0.4 is 4.74 Å². The molecule has 3 fully saturated rings. The van der Waals surface area contributed by atoms with Crippen molar-refractivity contribution in [1.82, 2.24) is 14.9 Å². The molecule has 1 aromatic carbocycles. The summed E-state index contributed by atoms with van der Waals surface area (Å²) in [6, 6.07) is 8.80. The average Bonchev–Trinajstić information content (AvgIpc) is 2.57. The number of aryl methyl sites for hydroxylation is 1. The molecule has 3 aliphatic heterocycles. The predicted octanol–water partition coefficient (Wildman–Crippen LogP) is 2.93.